The van der Waals surface area contributed by atoms with Gasteiger partial charge in [0.1, 0.15) is 12.2 Å². The van der Waals surface area contributed by atoms with Gasteiger partial charge in [0, 0.05) is 7.05 Å². The number of rotatable bonds is 3. The van der Waals surface area contributed by atoms with E-state index in [2.05, 4.69) is 5.32 Å². The van der Waals surface area contributed by atoms with Crippen molar-refractivity contribution in [2.24, 2.45) is 0 Å². The van der Waals surface area contributed by atoms with Gasteiger partial charge in [-0.15, -0.1) is 0 Å². The summed E-state index contributed by atoms with van der Waals surface area (Å²) >= 11 is 0. The molecule has 70 valence electrons. The number of amides is 1. The molecule has 0 bridgehead atoms. The van der Waals surface area contributed by atoms with E-state index in [0.29, 0.717) is 0 Å². The maximum Gasteiger partial charge on any atom is 0.311 e. The Morgan fingerprint density at radius 2 is 2.23 bits per heavy atom. The van der Waals surface area contributed by atoms with Crippen LogP contribution in [-0.4, -0.2) is 24.0 Å². The number of furan rings is 1. The van der Waals surface area contributed by atoms with Crippen LogP contribution in [0.15, 0.2) is 16.5 Å². The van der Waals surface area contributed by atoms with E-state index in [1.807, 2.05) is 0 Å². The number of hydrogen-bond donors (Lipinski definition) is 2. The van der Waals surface area contributed by atoms with Crippen LogP contribution in [0.1, 0.15) is 16.3 Å². The summed E-state index contributed by atoms with van der Waals surface area (Å²) in [5.41, 5.74) is 0. The third-order valence-corrected chi connectivity index (χ3v) is 1.44. The molecule has 1 aromatic rings. The summed E-state index contributed by atoms with van der Waals surface area (Å²) < 4.78 is 4.95. The van der Waals surface area contributed by atoms with Crippen LogP contribution in [0.2, 0.25) is 0 Å². The average molecular weight is 183 g/mol. The van der Waals surface area contributed by atoms with Gasteiger partial charge >= 0.3 is 5.97 Å². The maximum atomic E-state index is 11.0. The molecule has 13 heavy (non-hydrogen) atoms. The summed E-state index contributed by atoms with van der Waals surface area (Å²) in [4.78, 5) is 21.2. The number of hydrogen-bond acceptors (Lipinski definition) is 3. The first-order valence-corrected chi connectivity index (χ1v) is 3.66. The first-order valence-electron chi connectivity index (χ1n) is 3.66. The van der Waals surface area contributed by atoms with Crippen molar-refractivity contribution in [2.75, 3.05) is 7.05 Å². The molecule has 0 radical (unpaired) electrons. The average Bonchev–Trinajstić information content (AvgIpc) is 2.50. The fraction of sp³-hybridized carbons (Fsp3) is 0.250. The molecule has 0 saturated heterocycles. The molecule has 0 aromatic carbocycles. The molecule has 0 saturated carbocycles. The van der Waals surface area contributed by atoms with Crippen LogP contribution < -0.4 is 5.32 Å². The molecule has 1 aromatic heterocycles. The van der Waals surface area contributed by atoms with Crippen LogP contribution in [0.4, 0.5) is 0 Å². The highest BCUT2D eigenvalue weighted by Gasteiger charge is 2.10. The Morgan fingerprint density at radius 3 is 2.77 bits per heavy atom. The third-order valence-electron chi connectivity index (χ3n) is 1.44. The van der Waals surface area contributed by atoms with Gasteiger partial charge in [0.15, 0.2) is 5.76 Å². The van der Waals surface area contributed by atoms with Crippen LogP contribution in [0.5, 0.6) is 0 Å². The van der Waals surface area contributed by atoms with Crippen LogP contribution in [0.3, 0.4) is 0 Å². The van der Waals surface area contributed by atoms with E-state index in [-0.39, 0.29) is 23.8 Å². The Morgan fingerprint density at radius 1 is 1.54 bits per heavy atom. The van der Waals surface area contributed by atoms with Crippen LogP contribution in [0.25, 0.3) is 0 Å². The normalized spacial score (nSPS) is 9.62. The van der Waals surface area contributed by atoms with E-state index in [0.717, 1.165) is 0 Å². The molecule has 0 atom stereocenters. The van der Waals surface area contributed by atoms with E-state index in [4.69, 9.17) is 9.52 Å². The lowest BCUT2D eigenvalue weighted by atomic mass is 10.3. The number of carboxylic acids is 1. The van der Waals surface area contributed by atoms with Crippen LogP contribution in [0, 0.1) is 0 Å². The summed E-state index contributed by atoms with van der Waals surface area (Å²) in [5.74, 6) is -0.959. The van der Waals surface area contributed by atoms with Crippen molar-refractivity contribution in [1.29, 1.82) is 0 Å². The lowest BCUT2D eigenvalue weighted by Crippen LogP contribution is -2.16. The molecule has 0 aliphatic carbocycles. The second kappa shape index (κ2) is 3.75. The Balaban J connectivity index is 2.74. The van der Waals surface area contributed by atoms with Crippen molar-refractivity contribution in [3.8, 4) is 0 Å². The predicted octanol–water partition coefficient (Wildman–Crippen LogP) is 0.266. The van der Waals surface area contributed by atoms with Gasteiger partial charge in [-0.2, -0.15) is 0 Å². The highest BCUT2D eigenvalue weighted by molar-refractivity contribution is 5.91. The van der Waals surface area contributed by atoms with E-state index in [9.17, 15) is 9.59 Å². The minimum absolute atomic E-state index is 0.124. The zero-order chi connectivity index (χ0) is 9.84. The zero-order valence-electron chi connectivity index (χ0n) is 7.03. The number of aliphatic carboxylic acids is 1. The Hall–Kier alpha value is -1.78. The van der Waals surface area contributed by atoms with E-state index in [1.54, 1.807) is 0 Å². The first-order chi connectivity index (χ1) is 6.13. The topological polar surface area (TPSA) is 79.5 Å². The van der Waals surface area contributed by atoms with Gasteiger partial charge < -0.3 is 14.8 Å². The van der Waals surface area contributed by atoms with E-state index in [1.165, 1.54) is 19.2 Å². The lowest BCUT2D eigenvalue weighted by molar-refractivity contribution is -0.136. The van der Waals surface area contributed by atoms with Gasteiger partial charge in [0.05, 0.1) is 0 Å². The van der Waals surface area contributed by atoms with Crippen molar-refractivity contribution < 1.29 is 19.1 Å². The van der Waals surface area contributed by atoms with Gasteiger partial charge in [-0.05, 0) is 12.1 Å². The third kappa shape index (κ3) is 2.33. The summed E-state index contributed by atoms with van der Waals surface area (Å²) in [5, 5.41) is 10.8. The fourth-order valence-corrected chi connectivity index (χ4v) is 0.867. The SMILES string of the molecule is CNC(=O)c1ccc(CC(=O)O)o1. The highest BCUT2D eigenvalue weighted by Crippen LogP contribution is 2.08. The van der Waals surface area contributed by atoms with Gasteiger partial charge in [0.2, 0.25) is 0 Å². The summed E-state index contributed by atoms with van der Waals surface area (Å²) in [6.45, 7) is 0. The molecule has 5 heteroatoms. The van der Waals surface area contributed by atoms with E-state index >= 15 is 0 Å². The second-order valence-corrected chi connectivity index (χ2v) is 2.42. The molecule has 1 heterocycles. The van der Waals surface area contributed by atoms with Crippen molar-refractivity contribution in [1.82, 2.24) is 5.32 Å². The van der Waals surface area contributed by atoms with E-state index < -0.39 is 5.97 Å². The molecule has 0 unspecified atom stereocenters. The predicted molar refractivity (Wildman–Crippen MR) is 43.4 cm³/mol. The minimum atomic E-state index is -0.988. The standard InChI is InChI=1S/C8H9NO4/c1-9-8(12)6-3-2-5(13-6)4-7(10)11/h2-3H,4H2,1H3,(H,9,12)(H,10,11). The molecule has 1 rings (SSSR count). The largest absolute Gasteiger partial charge is 0.481 e. The molecular formula is C8H9NO4. The molecule has 5 nitrogen and oxygen atoms in total. The first kappa shape index (κ1) is 9.31. The summed E-state index contributed by atoms with van der Waals surface area (Å²) in [6, 6.07) is 2.91. The smallest absolute Gasteiger partial charge is 0.311 e. The number of carboxylic acid groups (broad SMARTS) is 1. The van der Waals surface area contributed by atoms with Crippen molar-refractivity contribution in [3.05, 3.63) is 23.7 Å². The molecular weight excluding hydrogens is 174 g/mol. The highest BCUT2D eigenvalue weighted by atomic mass is 16.4. The van der Waals surface area contributed by atoms with Crippen molar-refractivity contribution >= 4 is 11.9 Å². The number of carbonyl (C=O) groups excluding carboxylic acids is 1. The van der Waals surface area contributed by atoms with Crippen molar-refractivity contribution in [2.45, 2.75) is 6.42 Å². The number of nitrogens with one attached hydrogen (secondary N) is 1. The summed E-state index contributed by atoms with van der Waals surface area (Å²) in [6.07, 6.45) is -0.211. The second-order valence-electron chi connectivity index (χ2n) is 2.42. The van der Waals surface area contributed by atoms with Crippen molar-refractivity contribution in [3.63, 3.8) is 0 Å². The maximum absolute atomic E-state index is 11.0. The monoisotopic (exact) mass is 183 g/mol. The quantitative estimate of drug-likeness (QED) is 0.704. The Kier molecular flexibility index (Phi) is 2.69. The minimum Gasteiger partial charge on any atom is -0.481 e. The molecule has 1 amide bonds. The molecule has 2 N–H and O–H groups in total. The van der Waals surface area contributed by atoms with Crippen LogP contribution >= 0.6 is 0 Å². The Bertz CT molecular complexity index is 329. The molecule has 0 fully saturated rings. The Labute approximate surface area is 74.4 Å². The molecule has 0 spiro atoms. The van der Waals surface area contributed by atoms with Gasteiger partial charge in [-0.25, -0.2) is 0 Å². The van der Waals surface area contributed by atoms with Crippen LogP contribution in [-0.2, 0) is 11.2 Å². The molecule has 0 aliphatic heterocycles. The fourth-order valence-electron chi connectivity index (χ4n) is 0.867. The molecule has 0 aliphatic rings. The van der Waals surface area contributed by atoms with Gasteiger partial charge in [0.25, 0.3) is 5.91 Å². The summed E-state index contributed by atoms with van der Waals surface area (Å²) in [7, 11) is 1.47. The zero-order valence-corrected chi connectivity index (χ0v) is 7.03. The lowest BCUT2D eigenvalue weighted by Gasteiger charge is -1.93. The van der Waals surface area contributed by atoms with Gasteiger partial charge in [-0.3, -0.25) is 9.59 Å². The van der Waals surface area contributed by atoms with Gasteiger partial charge in [-0.1, -0.05) is 0 Å². The number of carbonyl (C=O) groups is 2.